The molecule has 0 spiro atoms. The minimum absolute atomic E-state index is 0.221. The number of hydrogen-bond acceptors (Lipinski definition) is 6. The van der Waals surface area contributed by atoms with Crippen molar-refractivity contribution in [2.24, 2.45) is 0 Å². The van der Waals surface area contributed by atoms with Gasteiger partial charge in [-0.25, -0.2) is 15.0 Å². The number of aromatic nitrogens is 5. The topological polar surface area (TPSA) is 75.0 Å². The number of alkyl halides is 3. The molecule has 0 fully saturated rings. The molecule has 0 radical (unpaired) electrons. The van der Waals surface area contributed by atoms with Crippen molar-refractivity contribution >= 4 is 11.2 Å². The van der Waals surface area contributed by atoms with Gasteiger partial charge in [0.15, 0.2) is 11.5 Å². The number of imidazole rings is 1. The third-order valence-electron chi connectivity index (χ3n) is 3.79. The zero-order valence-corrected chi connectivity index (χ0v) is 14.4. The first-order valence-electron chi connectivity index (χ1n) is 8.01. The van der Waals surface area contributed by atoms with E-state index < -0.39 is 12.1 Å². The number of hydrogen-bond donors (Lipinski definition) is 0. The Bertz CT molecular complexity index is 1110. The van der Waals surface area contributed by atoms with Gasteiger partial charge in [0.25, 0.3) is 0 Å². The molecule has 0 saturated carbocycles. The molecule has 7 nitrogen and oxygen atoms in total. The molecule has 4 heterocycles. The van der Waals surface area contributed by atoms with Crippen LogP contribution in [0.5, 0.6) is 11.6 Å². The van der Waals surface area contributed by atoms with Crippen LogP contribution in [0.4, 0.5) is 13.2 Å². The van der Waals surface area contributed by atoms with Crippen molar-refractivity contribution in [3.05, 3.63) is 55.0 Å². The highest BCUT2D eigenvalue weighted by Crippen LogP contribution is 2.30. The lowest BCUT2D eigenvalue weighted by atomic mass is 10.3. The molecule has 0 aliphatic carbocycles. The molecule has 4 aromatic heterocycles. The van der Waals surface area contributed by atoms with Crippen molar-refractivity contribution in [3.8, 4) is 28.8 Å². The fourth-order valence-electron chi connectivity index (χ4n) is 2.67. The van der Waals surface area contributed by atoms with Crippen LogP contribution in [0.3, 0.4) is 0 Å². The molecular formula is C18H12F3N5O2. The average Bonchev–Trinajstić information content (AvgIpc) is 3.06. The van der Waals surface area contributed by atoms with Crippen LogP contribution in [0.25, 0.3) is 28.4 Å². The van der Waals surface area contributed by atoms with Crippen LogP contribution < -0.4 is 9.47 Å². The molecule has 0 amide bonds. The van der Waals surface area contributed by atoms with E-state index in [2.05, 4.69) is 24.7 Å². The molecule has 0 atom stereocenters. The first-order chi connectivity index (χ1) is 13.4. The molecule has 4 aromatic rings. The van der Waals surface area contributed by atoms with E-state index in [1.807, 2.05) is 0 Å². The van der Waals surface area contributed by atoms with Gasteiger partial charge >= 0.3 is 6.36 Å². The maximum atomic E-state index is 12.5. The molecule has 4 rings (SSSR count). The van der Waals surface area contributed by atoms with Crippen LogP contribution in [-0.4, -0.2) is 38.0 Å². The zero-order chi connectivity index (χ0) is 19.7. The highest BCUT2D eigenvalue weighted by atomic mass is 19.4. The second-order valence-electron chi connectivity index (χ2n) is 5.61. The minimum Gasteiger partial charge on any atom is -0.481 e. The highest BCUT2D eigenvalue weighted by molar-refractivity contribution is 5.80. The summed E-state index contributed by atoms with van der Waals surface area (Å²) in [5.74, 6) is 0.366. The lowest BCUT2D eigenvalue weighted by Crippen LogP contribution is -2.17. The maximum absolute atomic E-state index is 12.5. The SMILES string of the molecule is COc1ccc(-n2c(-c3ccccn3)nc3cc(OC(F)(F)F)cnc32)cn1. The molecule has 0 aliphatic rings. The van der Waals surface area contributed by atoms with Gasteiger partial charge in [0.1, 0.15) is 17.0 Å². The number of fused-ring (bicyclic) bond motifs is 1. The smallest absolute Gasteiger partial charge is 0.481 e. The summed E-state index contributed by atoms with van der Waals surface area (Å²) < 4.78 is 48.2. The Kier molecular flexibility index (Phi) is 4.30. The van der Waals surface area contributed by atoms with Crippen molar-refractivity contribution in [2.75, 3.05) is 7.11 Å². The molecule has 10 heteroatoms. The highest BCUT2D eigenvalue weighted by Gasteiger charge is 2.31. The van der Waals surface area contributed by atoms with Crippen LogP contribution in [-0.2, 0) is 0 Å². The Labute approximate surface area is 156 Å². The van der Waals surface area contributed by atoms with Crippen LogP contribution in [0.15, 0.2) is 55.0 Å². The molecular weight excluding hydrogens is 375 g/mol. The van der Waals surface area contributed by atoms with Gasteiger partial charge in [-0.05, 0) is 18.2 Å². The van der Waals surface area contributed by atoms with Gasteiger partial charge in [-0.15, -0.1) is 13.2 Å². The fourth-order valence-corrected chi connectivity index (χ4v) is 2.67. The van der Waals surface area contributed by atoms with E-state index in [0.29, 0.717) is 28.7 Å². The normalized spacial score (nSPS) is 11.6. The number of pyridine rings is 3. The summed E-state index contributed by atoms with van der Waals surface area (Å²) in [4.78, 5) is 17.0. The Morgan fingerprint density at radius 3 is 2.50 bits per heavy atom. The van der Waals surface area contributed by atoms with Crippen LogP contribution in [0.2, 0.25) is 0 Å². The second-order valence-corrected chi connectivity index (χ2v) is 5.61. The standard InChI is InChI=1S/C18H12F3N5O2/c1-27-15-6-5-11(9-23-15)26-16-14(8-12(10-24-16)28-18(19,20)21)25-17(26)13-4-2-3-7-22-13/h2-10H,1H3. The zero-order valence-electron chi connectivity index (χ0n) is 14.4. The largest absolute Gasteiger partial charge is 0.573 e. The minimum atomic E-state index is -4.82. The van der Waals surface area contributed by atoms with Crippen molar-refractivity contribution in [3.63, 3.8) is 0 Å². The molecule has 0 unspecified atom stereocenters. The third kappa shape index (κ3) is 3.43. The predicted molar refractivity (Wildman–Crippen MR) is 93.1 cm³/mol. The lowest BCUT2D eigenvalue weighted by Gasteiger charge is -2.09. The van der Waals surface area contributed by atoms with Crippen molar-refractivity contribution in [2.45, 2.75) is 6.36 Å². The van der Waals surface area contributed by atoms with Gasteiger partial charge < -0.3 is 9.47 Å². The number of halogens is 3. The van der Waals surface area contributed by atoms with Crippen molar-refractivity contribution in [1.82, 2.24) is 24.5 Å². The Balaban J connectivity index is 1.91. The van der Waals surface area contributed by atoms with E-state index in [1.54, 1.807) is 47.3 Å². The maximum Gasteiger partial charge on any atom is 0.573 e. The Morgan fingerprint density at radius 2 is 1.86 bits per heavy atom. The summed E-state index contributed by atoms with van der Waals surface area (Å²) >= 11 is 0. The molecule has 0 bridgehead atoms. The predicted octanol–water partition coefficient (Wildman–Crippen LogP) is 3.78. The summed E-state index contributed by atoms with van der Waals surface area (Å²) in [6.45, 7) is 0. The quantitative estimate of drug-likeness (QED) is 0.531. The first kappa shape index (κ1) is 17.7. The molecule has 28 heavy (non-hydrogen) atoms. The summed E-state index contributed by atoms with van der Waals surface area (Å²) in [5, 5.41) is 0. The number of rotatable bonds is 4. The van der Waals surface area contributed by atoms with E-state index in [-0.39, 0.29) is 5.52 Å². The Morgan fingerprint density at radius 1 is 1.00 bits per heavy atom. The van der Waals surface area contributed by atoms with Gasteiger partial charge in [-0.3, -0.25) is 9.55 Å². The van der Waals surface area contributed by atoms with E-state index >= 15 is 0 Å². The van der Waals surface area contributed by atoms with Crippen molar-refractivity contribution in [1.29, 1.82) is 0 Å². The second kappa shape index (κ2) is 6.80. The van der Waals surface area contributed by atoms with Crippen molar-refractivity contribution < 1.29 is 22.6 Å². The van der Waals surface area contributed by atoms with Crippen LogP contribution in [0, 0.1) is 0 Å². The average molecular weight is 387 g/mol. The number of ether oxygens (including phenoxy) is 2. The van der Waals surface area contributed by atoms with Gasteiger partial charge in [0.2, 0.25) is 5.88 Å². The lowest BCUT2D eigenvalue weighted by molar-refractivity contribution is -0.274. The molecule has 0 N–H and O–H groups in total. The van der Waals surface area contributed by atoms with E-state index in [9.17, 15) is 13.2 Å². The van der Waals surface area contributed by atoms with Gasteiger partial charge in [0, 0.05) is 18.3 Å². The summed E-state index contributed by atoms with van der Waals surface area (Å²) in [6.07, 6.45) is -0.681. The summed E-state index contributed by atoms with van der Waals surface area (Å²) in [5.41, 5.74) is 1.68. The third-order valence-corrected chi connectivity index (χ3v) is 3.79. The van der Waals surface area contributed by atoms with Gasteiger partial charge in [0.05, 0.1) is 25.2 Å². The Hall–Kier alpha value is -3.69. The van der Waals surface area contributed by atoms with Crippen LogP contribution in [0.1, 0.15) is 0 Å². The first-order valence-corrected chi connectivity index (χ1v) is 8.01. The number of nitrogens with zero attached hydrogens (tertiary/aromatic N) is 5. The number of methoxy groups -OCH3 is 1. The van der Waals surface area contributed by atoms with Gasteiger partial charge in [-0.1, -0.05) is 6.07 Å². The molecule has 142 valence electrons. The monoisotopic (exact) mass is 387 g/mol. The van der Waals surface area contributed by atoms with Crippen LogP contribution >= 0.6 is 0 Å². The van der Waals surface area contributed by atoms with E-state index in [4.69, 9.17) is 4.74 Å². The summed E-state index contributed by atoms with van der Waals surface area (Å²) in [6, 6.07) is 9.84. The molecule has 0 aromatic carbocycles. The summed E-state index contributed by atoms with van der Waals surface area (Å²) in [7, 11) is 1.50. The van der Waals surface area contributed by atoms with Gasteiger partial charge in [-0.2, -0.15) is 0 Å². The van der Waals surface area contributed by atoms with E-state index in [1.165, 1.54) is 13.2 Å². The molecule has 0 aliphatic heterocycles. The van der Waals surface area contributed by atoms with E-state index in [0.717, 1.165) is 6.20 Å². The fraction of sp³-hybridized carbons (Fsp3) is 0.111. The molecule has 0 saturated heterocycles.